The van der Waals surface area contributed by atoms with E-state index in [-0.39, 0.29) is 0 Å². The monoisotopic (exact) mass is 264 g/mol. The predicted molar refractivity (Wildman–Crippen MR) is 79.2 cm³/mol. The lowest BCUT2D eigenvalue weighted by Gasteiger charge is -2.33. The summed E-state index contributed by atoms with van der Waals surface area (Å²) in [6, 6.07) is 0.465. The number of nitrogens with zero attached hydrogens (tertiary/aromatic N) is 3. The van der Waals surface area contributed by atoms with Crippen molar-refractivity contribution < 1.29 is 0 Å². The van der Waals surface area contributed by atoms with E-state index in [1.807, 2.05) is 10.9 Å². The van der Waals surface area contributed by atoms with Crippen LogP contribution < -0.4 is 5.32 Å². The molecule has 1 N–H and O–H groups in total. The number of nitrogens with one attached hydrogen (secondary N) is 1. The molecule has 4 heteroatoms. The van der Waals surface area contributed by atoms with Crippen LogP contribution >= 0.6 is 0 Å². The van der Waals surface area contributed by atoms with Gasteiger partial charge >= 0.3 is 0 Å². The molecule has 2 unspecified atom stereocenters. The molecular formula is C15H28N4. The van der Waals surface area contributed by atoms with Crippen molar-refractivity contribution in [3.63, 3.8) is 0 Å². The van der Waals surface area contributed by atoms with Gasteiger partial charge in [-0.1, -0.05) is 6.92 Å². The van der Waals surface area contributed by atoms with Crippen LogP contribution in [0.2, 0.25) is 0 Å². The summed E-state index contributed by atoms with van der Waals surface area (Å²) >= 11 is 0. The van der Waals surface area contributed by atoms with E-state index < -0.39 is 0 Å². The maximum absolute atomic E-state index is 4.40. The first-order chi connectivity index (χ1) is 9.24. The highest BCUT2D eigenvalue weighted by molar-refractivity contribution is 5.09. The zero-order valence-corrected chi connectivity index (χ0v) is 12.6. The molecular weight excluding hydrogens is 236 g/mol. The summed E-state index contributed by atoms with van der Waals surface area (Å²) in [5.41, 5.74) is 1.34. The second kappa shape index (κ2) is 7.06. The third-order valence-electron chi connectivity index (χ3n) is 4.31. The van der Waals surface area contributed by atoms with E-state index in [0.717, 1.165) is 19.0 Å². The van der Waals surface area contributed by atoms with E-state index in [2.05, 4.69) is 42.3 Å². The molecule has 2 atom stereocenters. The minimum Gasteiger partial charge on any atom is -0.316 e. The standard InChI is InChI=1S/C15H28N4/c1-4-18(11-14-7-6-8-16-9-14)13(3)15-10-17-19(5-2)12-15/h10,12-14,16H,4-9,11H2,1-3H3. The molecule has 0 aromatic carbocycles. The molecule has 0 bridgehead atoms. The zero-order valence-electron chi connectivity index (χ0n) is 12.6. The molecule has 2 heterocycles. The van der Waals surface area contributed by atoms with Crippen molar-refractivity contribution in [2.24, 2.45) is 5.92 Å². The smallest absolute Gasteiger partial charge is 0.0537 e. The van der Waals surface area contributed by atoms with Crippen LogP contribution in [0.25, 0.3) is 0 Å². The fraction of sp³-hybridized carbons (Fsp3) is 0.800. The number of aromatic nitrogens is 2. The molecule has 4 nitrogen and oxygen atoms in total. The third kappa shape index (κ3) is 3.80. The predicted octanol–water partition coefficient (Wildman–Crippen LogP) is 2.29. The number of hydrogen-bond acceptors (Lipinski definition) is 3. The lowest BCUT2D eigenvalue weighted by molar-refractivity contribution is 0.171. The van der Waals surface area contributed by atoms with Crippen molar-refractivity contribution in [1.29, 1.82) is 0 Å². The Morgan fingerprint density at radius 3 is 2.95 bits per heavy atom. The molecule has 0 saturated carbocycles. The Bertz CT molecular complexity index is 368. The average molecular weight is 264 g/mol. The summed E-state index contributed by atoms with van der Waals surface area (Å²) in [4.78, 5) is 2.58. The van der Waals surface area contributed by atoms with Crippen molar-refractivity contribution in [2.45, 2.75) is 46.2 Å². The van der Waals surface area contributed by atoms with Crippen LogP contribution in [0.1, 0.15) is 45.2 Å². The van der Waals surface area contributed by atoms with Gasteiger partial charge in [0.2, 0.25) is 0 Å². The van der Waals surface area contributed by atoms with Gasteiger partial charge in [0.05, 0.1) is 6.20 Å². The molecule has 1 fully saturated rings. The molecule has 1 aliphatic rings. The van der Waals surface area contributed by atoms with Gasteiger partial charge in [0.1, 0.15) is 0 Å². The number of rotatable bonds is 6. The largest absolute Gasteiger partial charge is 0.316 e. The second-order valence-corrected chi connectivity index (χ2v) is 5.61. The molecule has 1 aliphatic heterocycles. The molecule has 0 amide bonds. The van der Waals surface area contributed by atoms with Crippen LogP contribution in [0, 0.1) is 5.92 Å². The van der Waals surface area contributed by atoms with Crippen molar-refractivity contribution in [2.75, 3.05) is 26.2 Å². The number of piperidine rings is 1. The van der Waals surface area contributed by atoms with E-state index in [9.17, 15) is 0 Å². The summed E-state index contributed by atoms with van der Waals surface area (Å²) in [6.07, 6.45) is 6.90. The highest BCUT2D eigenvalue weighted by Crippen LogP contribution is 2.22. The molecule has 0 aliphatic carbocycles. The molecule has 108 valence electrons. The normalized spacial score (nSPS) is 21.8. The Labute approximate surface area is 117 Å². The number of hydrogen-bond donors (Lipinski definition) is 1. The summed E-state index contributed by atoms with van der Waals surface area (Å²) in [7, 11) is 0. The van der Waals surface area contributed by atoms with Crippen LogP contribution in [-0.2, 0) is 6.54 Å². The highest BCUT2D eigenvalue weighted by Gasteiger charge is 2.21. The SMILES string of the molecule is CCN(CC1CCCNC1)C(C)c1cnn(CC)c1. The van der Waals surface area contributed by atoms with Crippen LogP contribution in [0.5, 0.6) is 0 Å². The average Bonchev–Trinajstić information content (AvgIpc) is 2.94. The molecule has 0 radical (unpaired) electrons. The third-order valence-corrected chi connectivity index (χ3v) is 4.31. The minimum atomic E-state index is 0.465. The summed E-state index contributed by atoms with van der Waals surface area (Å²) in [5, 5.41) is 7.91. The fourth-order valence-corrected chi connectivity index (χ4v) is 2.95. The van der Waals surface area contributed by atoms with Gasteiger partial charge in [0.25, 0.3) is 0 Å². The lowest BCUT2D eigenvalue weighted by atomic mass is 9.98. The molecule has 0 spiro atoms. The first kappa shape index (κ1) is 14.5. The molecule has 1 aromatic rings. The molecule has 2 rings (SSSR count). The highest BCUT2D eigenvalue weighted by atomic mass is 15.3. The summed E-state index contributed by atoms with van der Waals surface area (Å²) in [5.74, 6) is 0.803. The van der Waals surface area contributed by atoms with Crippen LogP contribution in [-0.4, -0.2) is 40.9 Å². The first-order valence-electron chi connectivity index (χ1n) is 7.71. The Morgan fingerprint density at radius 2 is 2.37 bits per heavy atom. The van der Waals surface area contributed by atoms with Crippen LogP contribution in [0.4, 0.5) is 0 Å². The number of aryl methyl sites for hydroxylation is 1. The van der Waals surface area contributed by atoms with Gasteiger partial charge in [-0.25, -0.2) is 0 Å². The van der Waals surface area contributed by atoms with Crippen molar-refractivity contribution in [3.8, 4) is 0 Å². The maximum atomic E-state index is 4.40. The van der Waals surface area contributed by atoms with Crippen molar-refractivity contribution >= 4 is 0 Å². The first-order valence-corrected chi connectivity index (χ1v) is 7.71. The van der Waals surface area contributed by atoms with E-state index in [4.69, 9.17) is 0 Å². The van der Waals surface area contributed by atoms with E-state index in [0.29, 0.717) is 6.04 Å². The quantitative estimate of drug-likeness (QED) is 0.856. The second-order valence-electron chi connectivity index (χ2n) is 5.61. The molecule has 1 aromatic heterocycles. The van der Waals surface area contributed by atoms with E-state index >= 15 is 0 Å². The van der Waals surface area contributed by atoms with Crippen molar-refractivity contribution in [1.82, 2.24) is 20.0 Å². The van der Waals surface area contributed by atoms with Crippen molar-refractivity contribution in [3.05, 3.63) is 18.0 Å². The van der Waals surface area contributed by atoms with Gasteiger partial charge in [-0.3, -0.25) is 9.58 Å². The maximum Gasteiger partial charge on any atom is 0.0537 e. The Balaban J connectivity index is 1.95. The summed E-state index contributed by atoms with van der Waals surface area (Å²) in [6.45, 7) is 12.3. The van der Waals surface area contributed by atoms with Gasteiger partial charge in [0.15, 0.2) is 0 Å². The zero-order chi connectivity index (χ0) is 13.7. The van der Waals surface area contributed by atoms with E-state index in [1.54, 1.807) is 0 Å². The molecule has 1 saturated heterocycles. The summed E-state index contributed by atoms with van der Waals surface area (Å²) < 4.78 is 2.02. The van der Waals surface area contributed by atoms with Gasteiger partial charge in [0, 0.05) is 30.9 Å². The Kier molecular flexibility index (Phi) is 5.40. The van der Waals surface area contributed by atoms with Gasteiger partial charge < -0.3 is 5.32 Å². The minimum absolute atomic E-state index is 0.465. The fourth-order valence-electron chi connectivity index (χ4n) is 2.95. The topological polar surface area (TPSA) is 33.1 Å². The van der Waals surface area contributed by atoms with Crippen LogP contribution in [0.3, 0.4) is 0 Å². The lowest BCUT2D eigenvalue weighted by Crippen LogP contribution is -2.39. The van der Waals surface area contributed by atoms with E-state index in [1.165, 1.54) is 38.0 Å². The van der Waals surface area contributed by atoms with Gasteiger partial charge in [-0.2, -0.15) is 5.10 Å². The molecule has 19 heavy (non-hydrogen) atoms. The van der Waals surface area contributed by atoms with Gasteiger partial charge in [-0.05, 0) is 52.2 Å². The Hall–Kier alpha value is -0.870. The van der Waals surface area contributed by atoms with Crippen LogP contribution in [0.15, 0.2) is 12.4 Å². The van der Waals surface area contributed by atoms with Gasteiger partial charge in [-0.15, -0.1) is 0 Å². The Morgan fingerprint density at radius 1 is 1.53 bits per heavy atom.